The molecule has 8 nitrogen and oxygen atoms in total. The lowest BCUT2D eigenvalue weighted by molar-refractivity contribution is -0.139. The van der Waals surface area contributed by atoms with E-state index in [0.717, 1.165) is 22.3 Å². The largest absolute Gasteiger partial charge is 0.480 e. The minimum atomic E-state index is -1.18. The molecule has 1 atom stereocenters. The number of aromatic nitrogens is 2. The van der Waals surface area contributed by atoms with Crippen LogP contribution in [0.15, 0.2) is 60.9 Å². The Hall–Kier alpha value is -3.94. The summed E-state index contributed by atoms with van der Waals surface area (Å²) in [6, 6.07) is 15.0. The molecule has 3 aromatic rings. The number of fused-ring (bicyclic) bond motifs is 3. The molecule has 0 aliphatic heterocycles. The first-order valence-electron chi connectivity index (χ1n) is 9.76. The van der Waals surface area contributed by atoms with E-state index in [2.05, 4.69) is 15.3 Å². The molecule has 0 bridgehead atoms. The van der Waals surface area contributed by atoms with E-state index in [1.165, 1.54) is 19.5 Å². The molecule has 1 amide bonds. The zero-order valence-electron chi connectivity index (χ0n) is 16.8. The van der Waals surface area contributed by atoms with Crippen molar-refractivity contribution in [2.24, 2.45) is 0 Å². The fourth-order valence-electron chi connectivity index (χ4n) is 3.77. The van der Waals surface area contributed by atoms with Crippen LogP contribution in [-0.4, -0.2) is 46.9 Å². The molecule has 0 radical (unpaired) electrons. The zero-order valence-corrected chi connectivity index (χ0v) is 16.8. The van der Waals surface area contributed by atoms with E-state index in [-0.39, 0.29) is 25.0 Å². The van der Waals surface area contributed by atoms with Crippen molar-refractivity contribution < 1.29 is 24.2 Å². The molecule has 1 heterocycles. The first kappa shape index (κ1) is 20.3. The van der Waals surface area contributed by atoms with Gasteiger partial charge in [-0.1, -0.05) is 48.5 Å². The number of nitrogens with zero attached hydrogens (tertiary/aromatic N) is 2. The fourth-order valence-corrected chi connectivity index (χ4v) is 3.77. The van der Waals surface area contributed by atoms with Gasteiger partial charge in [0.05, 0.1) is 7.11 Å². The second kappa shape index (κ2) is 8.83. The van der Waals surface area contributed by atoms with E-state index < -0.39 is 18.1 Å². The van der Waals surface area contributed by atoms with E-state index in [9.17, 15) is 14.7 Å². The van der Waals surface area contributed by atoms with Crippen LogP contribution in [0.2, 0.25) is 0 Å². The van der Waals surface area contributed by atoms with Crippen molar-refractivity contribution in [1.29, 1.82) is 0 Å². The summed E-state index contributed by atoms with van der Waals surface area (Å²) < 4.78 is 10.3. The number of ether oxygens (including phenoxy) is 2. The summed E-state index contributed by atoms with van der Waals surface area (Å²) >= 11 is 0. The molecule has 1 aliphatic rings. The molecule has 1 unspecified atom stereocenters. The second-order valence-electron chi connectivity index (χ2n) is 7.14. The molecule has 0 saturated heterocycles. The van der Waals surface area contributed by atoms with Crippen LogP contribution in [0.5, 0.6) is 6.01 Å². The minimum absolute atomic E-state index is 0.0174. The summed E-state index contributed by atoms with van der Waals surface area (Å²) in [4.78, 5) is 31.9. The van der Waals surface area contributed by atoms with Crippen LogP contribution in [-0.2, 0) is 16.0 Å². The highest BCUT2D eigenvalue weighted by molar-refractivity contribution is 5.81. The number of carboxylic acids is 1. The average Bonchev–Trinajstić information content (AvgIpc) is 3.11. The van der Waals surface area contributed by atoms with Crippen LogP contribution < -0.4 is 10.1 Å². The normalized spacial score (nSPS) is 13.1. The van der Waals surface area contributed by atoms with Gasteiger partial charge in [-0.25, -0.2) is 19.6 Å². The third-order valence-electron chi connectivity index (χ3n) is 5.24. The van der Waals surface area contributed by atoms with Crippen LogP contribution >= 0.6 is 0 Å². The number of alkyl carbamates (subject to hydrolysis) is 1. The maximum atomic E-state index is 12.4. The summed E-state index contributed by atoms with van der Waals surface area (Å²) in [5.41, 5.74) is 4.96. The lowest BCUT2D eigenvalue weighted by Crippen LogP contribution is -2.43. The van der Waals surface area contributed by atoms with Crippen LogP contribution in [0, 0.1) is 0 Å². The Balaban J connectivity index is 1.41. The summed E-state index contributed by atoms with van der Waals surface area (Å²) in [7, 11) is 1.44. The highest BCUT2D eigenvalue weighted by Crippen LogP contribution is 2.44. The molecule has 4 rings (SSSR count). The number of hydrogen-bond donors (Lipinski definition) is 2. The van der Waals surface area contributed by atoms with Gasteiger partial charge >= 0.3 is 18.1 Å². The molecular formula is C23H21N3O5. The number of nitrogens with one attached hydrogen (secondary N) is 1. The van der Waals surface area contributed by atoms with Crippen LogP contribution in [0.3, 0.4) is 0 Å². The van der Waals surface area contributed by atoms with Crippen molar-refractivity contribution in [3.05, 3.63) is 77.6 Å². The van der Waals surface area contributed by atoms with Crippen molar-refractivity contribution >= 4 is 12.1 Å². The van der Waals surface area contributed by atoms with Gasteiger partial charge in [0.25, 0.3) is 0 Å². The molecular weight excluding hydrogens is 398 g/mol. The Bertz CT molecular complexity index is 1050. The monoisotopic (exact) mass is 419 g/mol. The lowest BCUT2D eigenvalue weighted by Gasteiger charge is -2.17. The smallest absolute Gasteiger partial charge is 0.407 e. The number of hydrogen-bond acceptors (Lipinski definition) is 6. The SMILES string of the molecule is COc1ncc(CC(NC(=O)OCC2c3ccccc3-c3ccccc32)C(=O)O)cn1. The maximum absolute atomic E-state index is 12.4. The number of carboxylic acid groups (broad SMARTS) is 1. The standard InChI is InChI=1S/C23H21N3O5/c1-30-22-24-11-14(12-25-22)10-20(21(27)28)26-23(29)31-13-19-17-8-4-2-6-15(17)16-7-3-5-9-18(16)19/h2-9,11-12,19-20H,10,13H2,1H3,(H,26,29)(H,27,28). The Labute approximate surface area is 178 Å². The molecule has 31 heavy (non-hydrogen) atoms. The van der Waals surface area contributed by atoms with Crippen molar-refractivity contribution in [3.63, 3.8) is 0 Å². The predicted molar refractivity (Wildman–Crippen MR) is 112 cm³/mol. The first-order valence-corrected chi connectivity index (χ1v) is 9.76. The molecule has 1 aliphatic carbocycles. The Morgan fingerprint density at radius 1 is 1.03 bits per heavy atom. The molecule has 0 fully saturated rings. The fraction of sp³-hybridized carbons (Fsp3) is 0.217. The summed E-state index contributed by atoms with van der Waals surface area (Å²) in [6.45, 7) is 0.109. The molecule has 2 N–H and O–H groups in total. The second-order valence-corrected chi connectivity index (χ2v) is 7.14. The van der Waals surface area contributed by atoms with E-state index in [4.69, 9.17) is 9.47 Å². The van der Waals surface area contributed by atoms with Crippen molar-refractivity contribution in [1.82, 2.24) is 15.3 Å². The van der Waals surface area contributed by atoms with Crippen LogP contribution in [0.25, 0.3) is 11.1 Å². The predicted octanol–water partition coefficient (Wildman–Crippen LogP) is 3.02. The molecule has 0 saturated carbocycles. The van der Waals surface area contributed by atoms with Gasteiger partial charge in [0.2, 0.25) is 0 Å². The van der Waals surface area contributed by atoms with Gasteiger partial charge in [-0.3, -0.25) is 0 Å². The molecule has 0 spiro atoms. The summed E-state index contributed by atoms with van der Waals surface area (Å²) in [6.07, 6.45) is 2.15. The molecule has 2 aromatic carbocycles. The third kappa shape index (κ3) is 4.32. The summed E-state index contributed by atoms with van der Waals surface area (Å²) in [5.74, 6) is -1.28. The van der Waals surface area contributed by atoms with E-state index in [0.29, 0.717) is 5.56 Å². The third-order valence-corrected chi connectivity index (χ3v) is 5.24. The van der Waals surface area contributed by atoms with Crippen molar-refractivity contribution in [2.45, 2.75) is 18.4 Å². The first-order chi connectivity index (χ1) is 15.1. The van der Waals surface area contributed by atoms with E-state index in [1.807, 2.05) is 48.5 Å². The van der Waals surface area contributed by atoms with Gasteiger partial charge < -0.3 is 19.9 Å². The Morgan fingerprint density at radius 3 is 2.16 bits per heavy atom. The zero-order chi connectivity index (χ0) is 21.8. The van der Waals surface area contributed by atoms with Gasteiger partial charge in [0.1, 0.15) is 12.6 Å². The molecule has 158 valence electrons. The number of aliphatic carboxylic acids is 1. The number of amides is 1. The maximum Gasteiger partial charge on any atom is 0.407 e. The van der Waals surface area contributed by atoms with Crippen molar-refractivity contribution in [2.75, 3.05) is 13.7 Å². The summed E-state index contributed by atoms with van der Waals surface area (Å²) in [5, 5.41) is 11.9. The van der Waals surface area contributed by atoms with Gasteiger partial charge in [-0.05, 0) is 27.8 Å². The van der Waals surface area contributed by atoms with E-state index >= 15 is 0 Å². The van der Waals surface area contributed by atoms with Gasteiger partial charge in [0, 0.05) is 24.7 Å². The number of methoxy groups -OCH3 is 1. The average molecular weight is 419 g/mol. The molecule has 8 heteroatoms. The number of benzene rings is 2. The minimum Gasteiger partial charge on any atom is -0.480 e. The van der Waals surface area contributed by atoms with Crippen LogP contribution in [0.4, 0.5) is 4.79 Å². The van der Waals surface area contributed by atoms with E-state index in [1.54, 1.807) is 0 Å². The Kier molecular flexibility index (Phi) is 5.79. The van der Waals surface area contributed by atoms with Gasteiger partial charge in [-0.2, -0.15) is 0 Å². The quantitative estimate of drug-likeness (QED) is 0.606. The number of rotatable bonds is 7. The highest BCUT2D eigenvalue weighted by Gasteiger charge is 2.29. The van der Waals surface area contributed by atoms with Crippen LogP contribution in [0.1, 0.15) is 22.6 Å². The van der Waals surface area contributed by atoms with Gasteiger partial charge in [0.15, 0.2) is 0 Å². The van der Waals surface area contributed by atoms with Gasteiger partial charge in [-0.15, -0.1) is 0 Å². The number of carbonyl (C=O) groups excluding carboxylic acids is 1. The Morgan fingerprint density at radius 2 is 1.61 bits per heavy atom. The molecule has 1 aromatic heterocycles. The topological polar surface area (TPSA) is 111 Å². The highest BCUT2D eigenvalue weighted by atomic mass is 16.5. The lowest BCUT2D eigenvalue weighted by atomic mass is 9.98. The number of carbonyl (C=O) groups is 2. The van der Waals surface area contributed by atoms with Crippen molar-refractivity contribution in [3.8, 4) is 17.1 Å².